The third-order valence-corrected chi connectivity index (χ3v) is 3.42. The van der Waals surface area contributed by atoms with Crippen LogP contribution >= 0.6 is 23.2 Å². The summed E-state index contributed by atoms with van der Waals surface area (Å²) in [5, 5.41) is 8.07. The van der Waals surface area contributed by atoms with Crippen LogP contribution in [0.3, 0.4) is 0 Å². The van der Waals surface area contributed by atoms with Crippen LogP contribution in [-0.4, -0.2) is 25.1 Å². The van der Waals surface area contributed by atoms with Crippen molar-refractivity contribution in [3.05, 3.63) is 58.2 Å². The zero-order chi connectivity index (χ0) is 13.9. The third kappa shape index (κ3) is 2.79. The van der Waals surface area contributed by atoms with Gasteiger partial charge in [-0.25, -0.2) is 9.97 Å². The fourth-order valence-electron chi connectivity index (χ4n) is 1.75. The standard InChI is InChI=1S/C13H9Cl2N5/c14-9-2-1-8(5-10(9)15)6-12-18-13(20-19-12)11-7-16-3-4-17-11/h1-5,7H,6H2,(H,18,19,20). The van der Waals surface area contributed by atoms with Crippen LogP contribution in [0.15, 0.2) is 36.8 Å². The lowest BCUT2D eigenvalue weighted by Crippen LogP contribution is -1.91. The summed E-state index contributed by atoms with van der Waals surface area (Å²) in [5.74, 6) is 1.25. The maximum Gasteiger partial charge on any atom is 0.201 e. The number of aromatic amines is 1. The summed E-state index contributed by atoms with van der Waals surface area (Å²) in [7, 11) is 0. The van der Waals surface area contributed by atoms with Gasteiger partial charge in [-0.2, -0.15) is 5.10 Å². The Kier molecular flexibility index (Phi) is 3.62. The zero-order valence-electron chi connectivity index (χ0n) is 10.2. The molecule has 0 atom stereocenters. The second-order valence-electron chi connectivity index (χ2n) is 4.12. The first-order valence-corrected chi connectivity index (χ1v) is 6.59. The third-order valence-electron chi connectivity index (χ3n) is 2.68. The molecular weight excluding hydrogens is 297 g/mol. The number of benzene rings is 1. The first-order chi connectivity index (χ1) is 9.72. The highest BCUT2D eigenvalue weighted by atomic mass is 35.5. The summed E-state index contributed by atoms with van der Waals surface area (Å²) >= 11 is 11.9. The number of nitrogens with one attached hydrogen (secondary N) is 1. The van der Waals surface area contributed by atoms with Crippen LogP contribution in [0.2, 0.25) is 10.0 Å². The van der Waals surface area contributed by atoms with Crippen molar-refractivity contribution >= 4 is 23.2 Å². The highest BCUT2D eigenvalue weighted by molar-refractivity contribution is 6.42. The number of halogens is 2. The molecule has 100 valence electrons. The van der Waals surface area contributed by atoms with Crippen molar-refractivity contribution in [2.75, 3.05) is 0 Å². The van der Waals surface area contributed by atoms with Crippen molar-refractivity contribution in [2.24, 2.45) is 0 Å². The summed E-state index contributed by atoms with van der Waals surface area (Å²) < 4.78 is 0. The molecule has 1 N–H and O–H groups in total. The van der Waals surface area contributed by atoms with Crippen LogP contribution in [0.4, 0.5) is 0 Å². The lowest BCUT2D eigenvalue weighted by molar-refractivity contribution is 0.972. The van der Waals surface area contributed by atoms with E-state index in [0.717, 1.165) is 11.4 Å². The molecule has 5 nitrogen and oxygen atoms in total. The molecule has 0 radical (unpaired) electrons. The molecule has 0 saturated carbocycles. The SMILES string of the molecule is Clc1ccc(Cc2nc(-c3cnccn3)n[nH]2)cc1Cl. The molecule has 0 unspecified atom stereocenters. The van der Waals surface area contributed by atoms with Gasteiger partial charge in [-0.15, -0.1) is 0 Å². The Morgan fingerprint density at radius 2 is 2.00 bits per heavy atom. The molecule has 3 aromatic rings. The number of aromatic nitrogens is 5. The van der Waals surface area contributed by atoms with E-state index in [2.05, 4.69) is 25.1 Å². The Labute approximate surface area is 125 Å². The molecule has 0 aliphatic heterocycles. The van der Waals surface area contributed by atoms with Crippen molar-refractivity contribution in [1.29, 1.82) is 0 Å². The maximum absolute atomic E-state index is 5.98. The summed E-state index contributed by atoms with van der Waals surface area (Å²) in [4.78, 5) is 12.5. The lowest BCUT2D eigenvalue weighted by Gasteiger charge is -2.00. The van der Waals surface area contributed by atoms with Crippen molar-refractivity contribution < 1.29 is 0 Å². The Morgan fingerprint density at radius 1 is 1.10 bits per heavy atom. The van der Waals surface area contributed by atoms with Crippen LogP contribution in [-0.2, 0) is 6.42 Å². The van der Waals surface area contributed by atoms with E-state index < -0.39 is 0 Å². The van der Waals surface area contributed by atoms with Crippen molar-refractivity contribution in [2.45, 2.75) is 6.42 Å². The minimum Gasteiger partial charge on any atom is -0.262 e. The number of rotatable bonds is 3. The maximum atomic E-state index is 5.98. The van der Waals surface area contributed by atoms with Gasteiger partial charge in [-0.05, 0) is 17.7 Å². The highest BCUT2D eigenvalue weighted by Crippen LogP contribution is 2.23. The fourth-order valence-corrected chi connectivity index (χ4v) is 2.07. The smallest absolute Gasteiger partial charge is 0.201 e. The molecule has 20 heavy (non-hydrogen) atoms. The summed E-state index contributed by atoms with van der Waals surface area (Å²) in [5.41, 5.74) is 1.63. The van der Waals surface area contributed by atoms with Crippen molar-refractivity contribution in [1.82, 2.24) is 25.1 Å². The second kappa shape index (κ2) is 5.56. The first kappa shape index (κ1) is 13.0. The van der Waals surface area contributed by atoms with Gasteiger partial charge < -0.3 is 0 Å². The monoisotopic (exact) mass is 305 g/mol. The summed E-state index contributed by atoms with van der Waals surface area (Å²) in [6.45, 7) is 0. The van der Waals surface area contributed by atoms with Gasteiger partial charge in [0.2, 0.25) is 5.82 Å². The molecule has 0 fully saturated rings. The average molecular weight is 306 g/mol. The van der Waals surface area contributed by atoms with Crippen LogP contribution in [0, 0.1) is 0 Å². The predicted molar refractivity (Wildman–Crippen MR) is 76.7 cm³/mol. The molecule has 0 saturated heterocycles. The number of H-pyrrole nitrogens is 1. The molecule has 0 aliphatic rings. The first-order valence-electron chi connectivity index (χ1n) is 5.84. The number of hydrogen-bond donors (Lipinski definition) is 1. The molecule has 0 aliphatic carbocycles. The molecule has 0 amide bonds. The Hall–Kier alpha value is -1.98. The van der Waals surface area contributed by atoms with Gasteiger partial charge in [-0.1, -0.05) is 29.3 Å². The van der Waals surface area contributed by atoms with E-state index in [1.165, 1.54) is 0 Å². The van der Waals surface area contributed by atoms with E-state index in [-0.39, 0.29) is 0 Å². The Bertz CT molecular complexity index is 727. The van der Waals surface area contributed by atoms with E-state index in [0.29, 0.717) is 28.0 Å². The lowest BCUT2D eigenvalue weighted by atomic mass is 10.1. The van der Waals surface area contributed by atoms with Crippen LogP contribution in [0.25, 0.3) is 11.5 Å². The number of nitrogens with zero attached hydrogens (tertiary/aromatic N) is 4. The fraction of sp³-hybridized carbons (Fsp3) is 0.0769. The van der Waals surface area contributed by atoms with E-state index in [4.69, 9.17) is 23.2 Å². The van der Waals surface area contributed by atoms with Gasteiger partial charge in [0.05, 0.1) is 16.2 Å². The summed E-state index contributed by atoms with van der Waals surface area (Å²) in [6.07, 6.45) is 5.41. The van der Waals surface area contributed by atoms with Crippen LogP contribution in [0.1, 0.15) is 11.4 Å². The summed E-state index contributed by atoms with van der Waals surface area (Å²) in [6, 6.07) is 5.48. The van der Waals surface area contributed by atoms with Crippen molar-refractivity contribution in [3.8, 4) is 11.5 Å². The van der Waals surface area contributed by atoms with Crippen molar-refractivity contribution in [3.63, 3.8) is 0 Å². The van der Waals surface area contributed by atoms with E-state index in [1.807, 2.05) is 12.1 Å². The van der Waals surface area contributed by atoms with Gasteiger partial charge in [0.1, 0.15) is 11.5 Å². The number of hydrogen-bond acceptors (Lipinski definition) is 4. The zero-order valence-corrected chi connectivity index (χ0v) is 11.7. The Balaban J connectivity index is 1.82. The molecular formula is C13H9Cl2N5. The average Bonchev–Trinajstić information content (AvgIpc) is 2.92. The molecule has 2 heterocycles. The minimum absolute atomic E-state index is 0.521. The molecule has 2 aromatic heterocycles. The van der Waals surface area contributed by atoms with Crippen LogP contribution in [0.5, 0.6) is 0 Å². The molecule has 1 aromatic carbocycles. The molecule has 7 heteroatoms. The predicted octanol–water partition coefficient (Wildman–Crippen LogP) is 3.16. The van der Waals surface area contributed by atoms with E-state index >= 15 is 0 Å². The van der Waals surface area contributed by atoms with Gasteiger partial charge >= 0.3 is 0 Å². The topological polar surface area (TPSA) is 67.3 Å². The highest BCUT2D eigenvalue weighted by Gasteiger charge is 2.08. The normalized spacial score (nSPS) is 10.7. The quantitative estimate of drug-likeness (QED) is 0.807. The van der Waals surface area contributed by atoms with Gasteiger partial charge in [0, 0.05) is 18.8 Å². The van der Waals surface area contributed by atoms with E-state index in [1.54, 1.807) is 24.7 Å². The van der Waals surface area contributed by atoms with Crippen LogP contribution < -0.4 is 0 Å². The van der Waals surface area contributed by atoms with E-state index in [9.17, 15) is 0 Å². The van der Waals surface area contributed by atoms with Gasteiger partial charge in [0.25, 0.3) is 0 Å². The minimum atomic E-state index is 0.521. The molecule has 0 spiro atoms. The second-order valence-corrected chi connectivity index (χ2v) is 4.94. The Morgan fingerprint density at radius 3 is 2.75 bits per heavy atom. The molecule has 3 rings (SSSR count). The largest absolute Gasteiger partial charge is 0.262 e. The van der Waals surface area contributed by atoms with Gasteiger partial charge in [0.15, 0.2) is 0 Å². The molecule has 0 bridgehead atoms. The van der Waals surface area contributed by atoms with Gasteiger partial charge in [-0.3, -0.25) is 10.1 Å².